The first-order valence-corrected chi connectivity index (χ1v) is 7.62. The van der Waals surface area contributed by atoms with Gasteiger partial charge < -0.3 is 5.73 Å². The van der Waals surface area contributed by atoms with E-state index in [2.05, 4.69) is 51.1 Å². The smallest absolute Gasteiger partial charge is 0.0317 e. The number of hydrogen-bond acceptors (Lipinski definition) is 2. The van der Waals surface area contributed by atoms with E-state index < -0.39 is 0 Å². The lowest BCUT2D eigenvalue weighted by Gasteiger charge is -2.08. The van der Waals surface area contributed by atoms with Gasteiger partial charge in [-0.3, -0.25) is 0 Å². The monoisotopic (exact) mass is 271 g/mol. The maximum absolute atomic E-state index is 5.77. The molecule has 0 aliphatic rings. The molecule has 0 unspecified atom stereocenters. The minimum Gasteiger partial charge on any atom is -0.399 e. The molecule has 0 aliphatic heterocycles. The Kier molecular flexibility index (Phi) is 4.54. The summed E-state index contributed by atoms with van der Waals surface area (Å²) in [6.45, 7) is 6.56. The van der Waals surface area contributed by atoms with E-state index in [9.17, 15) is 0 Å². The third-order valence-electron chi connectivity index (χ3n) is 3.24. The molecule has 0 saturated heterocycles. The highest BCUT2D eigenvalue weighted by Crippen LogP contribution is 2.27. The number of anilines is 1. The molecule has 0 radical (unpaired) electrons. The number of nitrogens with two attached hydrogens (primary N) is 1. The minimum atomic E-state index is 0.598. The van der Waals surface area contributed by atoms with Crippen LogP contribution < -0.4 is 5.73 Å². The van der Waals surface area contributed by atoms with Crippen LogP contribution in [0.4, 0.5) is 5.69 Å². The lowest BCUT2D eigenvalue weighted by Crippen LogP contribution is -1.89. The number of hydrogen-bond donors (Lipinski definition) is 1. The number of thioether (sulfide) groups is 1. The molecule has 0 amide bonds. The topological polar surface area (TPSA) is 26.0 Å². The van der Waals surface area contributed by atoms with Crippen molar-refractivity contribution in [2.45, 2.75) is 37.3 Å². The first-order valence-electron chi connectivity index (χ1n) is 6.64. The fraction of sp³-hybridized carbons (Fsp3) is 0.294. The second-order valence-corrected chi connectivity index (χ2v) is 6.23. The van der Waals surface area contributed by atoms with E-state index in [-0.39, 0.29) is 0 Å². The molecule has 100 valence electrons. The van der Waals surface area contributed by atoms with Crippen LogP contribution >= 0.6 is 11.8 Å². The Labute approximate surface area is 120 Å². The van der Waals surface area contributed by atoms with E-state index in [1.165, 1.54) is 21.6 Å². The molecular weight excluding hydrogens is 250 g/mol. The molecule has 2 heteroatoms. The second-order valence-electron chi connectivity index (χ2n) is 5.21. The first-order chi connectivity index (χ1) is 9.06. The summed E-state index contributed by atoms with van der Waals surface area (Å²) in [5.41, 5.74) is 10.6. The molecule has 2 N–H and O–H groups in total. The minimum absolute atomic E-state index is 0.598. The molecule has 2 rings (SSSR count). The van der Waals surface area contributed by atoms with Crippen LogP contribution in [0, 0.1) is 6.92 Å². The Bertz CT molecular complexity index is 544. The molecule has 0 atom stereocenters. The quantitative estimate of drug-likeness (QED) is 0.626. The fourth-order valence-corrected chi connectivity index (χ4v) is 2.96. The van der Waals surface area contributed by atoms with Gasteiger partial charge in [0.1, 0.15) is 0 Å². The zero-order valence-electron chi connectivity index (χ0n) is 11.8. The average molecular weight is 271 g/mol. The lowest BCUT2D eigenvalue weighted by atomic mass is 10.0. The van der Waals surface area contributed by atoms with Crippen molar-refractivity contribution in [2.75, 3.05) is 5.73 Å². The van der Waals surface area contributed by atoms with Gasteiger partial charge >= 0.3 is 0 Å². The van der Waals surface area contributed by atoms with Gasteiger partial charge in [-0.1, -0.05) is 38.1 Å². The summed E-state index contributed by atoms with van der Waals surface area (Å²) in [5.74, 6) is 1.60. The molecule has 0 bridgehead atoms. The second kappa shape index (κ2) is 6.16. The van der Waals surface area contributed by atoms with Crippen molar-refractivity contribution in [3.8, 4) is 0 Å². The molecule has 1 nitrogen and oxygen atoms in total. The third-order valence-corrected chi connectivity index (χ3v) is 4.49. The molecule has 2 aromatic carbocycles. The van der Waals surface area contributed by atoms with E-state index in [4.69, 9.17) is 5.73 Å². The SMILES string of the molecule is Cc1cc(N)ccc1SCc1ccc(C(C)C)cc1. The molecule has 0 fully saturated rings. The molecule has 0 aliphatic carbocycles. The first kappa shape index (κ1) is 14.0. The zero-order valence-corrected chi connectivity index (χ0v) is 12.6. The van der Waals surface area contributed by atoms with Crippen LogP contribution in [0.1, 0.15) is 36.5 Å². The number of rotatable bonds is 4. The summed E-state index contributed by atoms with van der Waals surface area (Å²) >= 11 is 1.87. The predicted octanol–water partition coefficient (Wildman–Crippen LogP) is 4.99. The molecule has 19 heavy (non-hydrogen) atoms. The summed E-state index contributed by atoms with van der Waals surface area (Å²) in [7, 11) is 0. The summed E-state index contributed by atoms with van der Waals surface area (Å²) in [5, 5.41) is 0. The van der Waals surface area contributed by atoms with Crippen LogP contribution in [-0.4, -0.2) is 0 Å². The molecule has 2 aromatic rings. The van der Waals surface area contributed by atoms with E-state index in [0.717, 1.165) is 11.4 Å². The maximum Gasteiger partial charge on any atom is 0.0317 e. The van der Waals surface area contributed by atoms with Crippen molar-refractivity contribution >= 4 is 17.4 Å². The van der Waals surface area contributed by atoms with E-state index in [0.29, 0.717) is 5.92 Å². The molecule has 0 spiro atoms. The van der Waals surface area contributed by atoms with Crippen LogP contribution in [0.25, 0.3) is 0 Å². The van der Waals surface area contributed by atoms with Crippen molar-refractivity contribution in [3.05, 3.63) is 59.2 Å². The Morgan fingerprint density at radius 1 is 1.05 bits per heavy atom. The van der Waals surface area contributed by atoms with Gasteiger partial charge in [-0.15, -0.1) is 11.8 Å². The summed E-state index contributed by atoms with van der Waals surface area (Å²) in [6, 6.07) is 15.0. The Morgan fingerprint density at radius 3 is 2.32 bits per heavy atom. The fourth-order valence-electron chi connectivity index (χ4n) is 1.99. The largest absolute Gasteiger partial charge is 0.399 e. The van der Waals surface area contributed by atoms with Crippen molar-refractivity contribution < 1.29 is 0 Å². The van der Waals surface area contributed by atoms with Crippen LogP contribution in [0.3, 0.4) is 0 Å². The van der Waals surface area contributed by atoms with E-state index >= 15 is 0 Å². The van der Waals surface area contributed by atoms with Gasteiger partial charge in [-0.25, -0.2) is 0 Å². The maximum atomic E-state index is 5.77. The number of aryl methyl sites for hydroxylation is 1. The van der Waals surface area contributed by atoms with Crippen molar-refractivity contribution in [1.82, 2.24) is 0 Å². The van der Waals surface area contributed by atoms with Crippen LogP contribution in [0.15, 0.2) is 47.4 Å². The summed E-state index contributed by atoms with van der Waals surface area (Å²) in [4.78, 5) is 1.31. The van der Waals surface area contributed by atoms with Crippen LogP contribution in [0.2, 0.25) is 0 Å². The van der Waals surface area contributed by atoms with E-state index in [1.54, 1.807) is 0 Å². The van der Waals surface area contributed by atoms with Crippen LogP contribution in [-0.2, 0) is 5.75 Å². The predicted molar refractivity (Wildman–Crippen MR) is 85.7 cm³/mol. The third kappa shape index (κ3) is 3.77. The number of nitrogen functional groups attached to an aromatic ring is 1. The van der Waals surface area contributed by atoms with Crippen molar-refractivity contribution in [3.63, 3.8) is 0 Å². The van der Waals surface area contributed by atoms with Crippen molar-refractivity contribution in [2.24, 2.45) is 0 Å². The highest BCUT2D eigenvalue weighted by atomic mass is 32.2. The summed E-state index contributed by atoms with van der Waals surface area (Å²) < 4.78 is 0. The van der Waals surface area contributed by atoms with E-state index in [1.807, 2.05) is 23.9 Å². The lowest BCUT2D eigenvalue weighted by molar-refractivity contribution is 0.866. The van der Waals surface area contributed by atoms with Gasteiger partial charge in [-0.05, 0) is 47.7 Å². The average Bonchev–Trinajstić information content (AvgIpc) is 2.38. The molecule has 0 saturated carbocycles. The zero-order chi connectivity index (χ0) is 13.8. The Balaban J connectivity index is 2.02. The van der Waals surface area contributed by atoms with Gasteiger partial charge in [0.05, 0.1) is 0 Å². The highest BCUT2D eigenvalue weighted by Gasteiger charge is 2.02. The number of benzene rings is 2. The van der Waals surface area contributed by atoms with Crippen LogP contribution in [0.5, 0.6) is 0 Å². The molecule has 0 aromatic heterocycles. The Hall–Kier alpha value is -1.41. The normalized spacial score (nSPS) is 10.9. The van der Waals surface area contributed by atoms with Gasteiger partial charge in [0.2, 0.25) is 0 Å². The van der Waals surface area contributed by atoms with Gasteiger partial charge in [0, 0.05) is 16.3 Å². The Morgan fingerprint density at radius 2 is 1.74 bits per heavy atom. The van der Waals surface area contributed by atoms with Gasteiger partial charge in [0.15, 0.2) is 0 Å². The van der Waals surface area contributed by atoms with Gasteiger partial charge in [-0.2, -0.15) is 0 Å². The highest BCUT2D eigenvalue weighted by molar-refractivity contribution is 7.98. The molecular formula is C17H21NS. The van der Waals surface area contributed by atoms with Gasteiger partial charge in [0.25, 0.3) is 0 Å². The standard InChI is InChI=1S/C17H21NS/c1-12(2)15-6-4-14(5-7-15)11-19-17-9-8-16(18)10-13(17)3/h4-10,12H,11,18H2,1-3H3. The molecule has 0 heterocycles. The summed E-state index contributed by atoms with van der Waals surface area (Å²) in [6.07, 6.45) is 0. The van der Waals surface area contributed by atoms with Crippen molar-refractivity contribution in [1.29, 1.82) is 0 Å².